The number of benzene rings is 3. The number of carbonyl (C=O) groups is 3. The molecule has 0 aliphatic carbocycles. The third kappa shape index (κ3) is 9.71. The predicted molar refractivity (Wildman–Crippen MR) is 176 cm³/mol. The van der Waals surface area contributed by atoms with Crippen molar-refractivity contribution in [2.45, 2.75) is 83.7 Å². The van der Waals surface area contributed by atoms with E-state index >= 15 is 0 Å². The van der Waals surface area contributed by atoms with Crippen LogP contribution >= 0.6 is 0 Å². The lowest BCUT2D eigenvalue weighted by atomic mass is 9.89. The second-order valence-electron chi connectivity index (χ2n) is 12.3. The number of nitrogens with two attached hydrogens (primary N) is 1. The number of Topliss-reactive ketones (excluding diaryl/α,β-unsaturated/α-hetero) is 2. The molecule has 0 aliphatic heterocycles. The Morgan fingerprint density at radius 3 is 2.32 bits per heavy atom. The van der Waals surface area contributed by atoms with E-state index in [0.29, 0.717) is 25.0 Å². The second kappa shape index (κ2) is 16.7. The zero-order valence-corrected chi connectivity index (χ0v) is 26.0. The van der Waals surface area contributed by atoms with Crippen molar-refractivity contribution in [3.05, 3.63) is 102 Å². The maximum absolute atomic E-state index is 13.9. The van der Waals surface area contributed by atoms with Crippen molar-refractivity contribution in [1.29, 1.82) is 0 Å². The van der Waals surface area contributed by atoms with Gasteiger partial charge in [0, 0.05) is 24.2 Å². The third-order valence-electron chi connectivity index (χ3n) is 8.24. The molecule has 7 heteroatoms. The summed E-state index contributed by atoms with van der Waals surface area (Å²) in [6.45, 7) is 3.95. The fraction of sp³-hybridized carbons (Fsp3) is 0.405. The van der Waals surface area contributed by atoms with Gasteiger partial charge in [0.15, 0.2) is 0 Å². The second-order valence-corrected chi connectivity index (χ2v) is 12.3. The molecule has 0 aliphatic rings. The molecule has 44 heavy (non-hydrogen) atoms. The van der Waals surface area contributed by atoms with Crippen LogP contribution < -0.4 is 11.1 Å². The van der Waals surface area contributed by atoms with Gasteiger partial charge in [-0.2, -0.15) is 0 Å². The Hall–Kier alpha value is -4.10. The summed E-state index contributed by atoms with van der Waals surface area (Å²) in [5, 5.41) is 5.26. The van der Waals surface area contributed by atoms with Gasteiger partial charge in [-0.1, -0.05) is 106 Å². The largest absolute Gasteiger partial charge is 0.348 e. The lowest BCUT2D eigenvalue weighted by Crippen LogP contribution is -2.51. The van der Waals surface area contributed by atoms with Gasteiger partial charge in [0.25, 0.3) is 0 Å². The summed E-state index contributed by atoms with van der Waals surface area (Å²) < 4.78 is 0. The zero-order chi connectivity index (χ0) is 31.3. The van der Waals surface area contributed by atoms with Crippen LogP contribution in [0.1, 0.15) is 69.2 Å². The number of imidazole rings is 1. The standard InChI is InChI=1S/C37H46N4O3/c1-26(2)21-34(36(43)35(42)33(38)23-31-24-39-25-40-31)41-37(44)30(17-9-4-3-6-13-27-14-7-5-8-15-27)22-29-19-12-18-28-16-10-11-20-32(28)29/h5,7-8,10-12,14-16,18-20,24-26,30,33-34H,3-4,6,9,13,17,21-23,38H2,1-2H3,(H,39,40)(H,41,44)/t30?,33-,34-/m0/s1. The van der Waals surface area contributed by atoms with E-state index in [2.05, 4.69) is 63.8 Å². The van der Waals surface area contributed by atoms with Gasteiger partial charge in [-0.05, 0) is 59.9 Å². The van der Waals surface area contributed by atoms with E-state index in [1.807, 2.05) is 38.1 Å². The Balaban J connectivity index is 1.44. The number of nitrogens with one attached hydrogen (secondary N) is 2. The molecular weight excluding hydrogens is 548 g/mol. The predicted octanol–water partition coefficient (Wildman–Crippen LogP) is 6.15. The number of unbranched alkanes of at least 4 members (excludes halogenated alkanes) is 3. The molecule has 0 spiro atoms. The van der Waals surface area contributed by atoms with Crippen molar-refractivity contribution in [3.63, 3.8) is 0 Å². The normalized spacial score (nSPS) is 13.5. The van der Waals surface area contributed by atoms with Crippen LogP contribution in [0.3, 0.4) is 0 Å². The summed E-state index contributed by atoms with van der Waals surface area (Å²) in [7, 11) is 0. The maximum atomic E-state index is 13.9. The molecule has 4 N–H and O–H groups in total. The first-order valence-corrected chi connectivity index (χ1v) is 15.9. The van der Waals surface area contributed by atoms with Crippen molar-refractivity contribution in [3.8, 4) is 0 Å². The molecule has 1 aromatic heterocycles. The Labute approximate surface area is 261 Å². The Bertz CT molecular complexity index is 1480. The molecule has 7 nitrogen and oxygen atoms in total. The minimum atomic E-state index is -1.00. The van der Waals surface area contributed by atoms with Crippen molar-refractivity contribution in [2.75, 3.05) is 0 Å². The molecule has 3 aromatic carbocycles. The number of hydrogen-bond donors (Lipinski definition) is 3. The molecule has 4 aromatic rings. The number of fused-ring (bicyclic) bond motifs is 1. The van der Waals surface area contributed by atoms with E-state index in [4.69, 9.17) is 5.73 Å². The van der Waals surface area contributed by atoms with Gasteiger partial charge in [0.1, 0.15) is 0 Å². The first-order valence-electron chi connectivity index (χ1n) is 15.9. The highest BCUT2D eigenvalue weighted by atomic mass is 16.2. The number of amides is 1. The lowest BCUT2D eigenvalue weighted by Gasteiger charge is -2.24. The maximum Gasteiger partial charge on any atom is 0.224 e. The number of ketones is 2. The van der Waals surface area contributed by atoms with E-state index in [1.165, 1.54) is 11.9 Å². The highest BCUT2D eigenvalue weighted by Crippen LogP contribution is 2.25. The van der Waals surface area contributed by atoms with Crippen molar-refractivity contribution in [2.24, 2.45) is 17.6 Å². The number of H-pyrrole nitrogens is 1. The quantitative estimate of drug-likeness (QED) is 0.0943. The number of hydrogen-bond acceptors (Lipinski definition) is 5. The lowest BCUT2D eigenvalue weighted by molar-refractivity contribution is -0.140. The van der Waals surface area contributed by atoms with E-state index in [-0.39, 0.29) is 24.2 Å². The molecular formula is C37H46N4O3. The topological polar surface area (TPSA) is 118 Å². The molecule has 1 unspecified atom stereocenters. The van der Waals surface area contributed by atoms with Gasteiger partial charge in [0.2, 0.25) is 17.5 Å². The number of carbonyl (C=O) groups excluding carboxylic acids is 3. The van der Waals surface area contributed by atoms with Gasteiger partial charge in [-0.3, -0.25) is 14.4 Å². The summed E-state index contributed by atoms with van der Waals surface area (Å²) >= 11 is 0. The van der Waals surface area contributed by atoms with E-state index in [1.54, 1.807) is 6.20 Å². The number of rotatable bonds is 18. The number of aryl methyl sites for hydroxylation is 1. The highest BCUT2D eigenvalue weighted by Gasteiger charge is 2.33. The minimum absolute atomic E-state index is 0.0991. The highest BCUT2D eigenvalue weighted by molar-refractivity contribution is 6.41. The van der Waals surface area contributed by atoms with Crippen LogP contribution in [0.15, 0.2) is 85.3 Å². The average molecular weight is 595 g/mol. The van der Waals surface area contributed by atoms with Gasteiger partial charge >= 0.3 is 0 Å². The fourth-order valence-corrected chi connectivity index (χ4v) is 5.85. The van der Waals surface area contributed by atoms with Crippen LogP contribution in [0.2, 0.25) is 0 Å². The van der Waals surface area contributed by atoms with Crippen LogP contribution in [-0.2, 0) is 33.6 Å². The smallest absolute Gasteiger partial charge is 0.224 e. The van der Waals surface area contributed by atoms with Gasteiger partial charge in [0.05, 0.1) is 18.4 Å². The molecule has 0 bridgehead atoms. The first kappa shape index (κ1) is 32.8. The minimum Gasteiger partial charge on any atom is -0.348 e. The Kier molecular flexibility index (Phi) is 12.4. The number of nitrogens with zero attached hydrogens (tertiary/aromatic N) is 1. The molecule has 0 fully saturated rings. The van der Waals surface area contributed by atoms with Crippen LogP contribution in [0.25, 0.3) is 10.8 Å². The third-order valence-corrected chi connectivity index (χ3v) is 8.24. The van der Waals surface area contributed by atoms with Crippen LogP contribution in [0, 0.1) is 11.8 Å². The summed E-state index contributed by atoms with van der Waals surface area (Å²) in [6, 6.07) is 23.0. The van der Waals surface area contributed by atoms with Gasteiger partial charge in [-0.25, -0.2) is 4.98 Å². The van der Waals surface area contributed by atoms with Gasteiger partial charge < -0.3 is 16.0 Å². The molecule has 0 radical (unpaired) electrons. The van der Waals surface area contributed by atoms with E-state index in [9.17, 15) is 14.4 Å². The molecule has 1 amide bonds. The molecule has 3 atom stereocenters. The Morgan fingerprint density at radius 1 is 0.841 bits per heavy atom. The van der Waals surface area contributed by atoms with Crippen LogP contribution in [0.4, 0.5) is 0 Å². The fourth-order valence-electron chi connectivity index (χ4n) is 5.85. The van der Waals surface area contributed by atoms with Crippen LogP contribution in [-0.4, -0.2) is 39.5 Å². The van der Waals surface area contributed by atoms with E-state index in [0.717, 1.165) is 48.4 Å². The average Bonchev–Trinajstić information content (AvgIpc) is 3.54. The van der Waals surface area contributed by atoms with Crippen molar-refractivity contribution in [1.82, 2.24) is 15.3 Å². The Morgan fingerprint density at radius 2 is 1.57 bits per heavy atom. The summed E-state index contributed by atoms with van der Waals surface area (Å²) in [4.78, 5) is 47.3. The molecule has 232 valence electrons. The molecule has 0 saturated carbocycles. The number of aromatic amines is 1. The zero-order valence-electron chi connectivity index (χ0n) is 26.0. The molecule has 4 rings (SSSR count). The summed E-state index contributed by atoms with van der Waals surface area (Å²) in [5.74, 6) is -1.72. The molecule has 1 heterocycles. The van der Waals surface area contributed by atoms with Gasteiger partial charge in [-0.15, -0.1) is 0 Å². The van der Waals surface area contributed by atoms with Crippen molar-refractivity contribution >= 4 is 28.2 Å². The first-order chi connectivity index (χ1) is 21.3. The monoisotopic (exact) mass is 594 g/mol. The summed E-state index contributed by atoms with van der Waals surface area (Å²) in [5.41, 5.74) is 9.27. The SMILES string of the molecule is CC(C)C[C@H](NC(=O)C(CCCCCCc1ccccc1)Cc1cccc2ccccc12)C(=O)C(=O)[C@@H](N)Cc1cnc[nH]1. The molecule has 0 saturated heterocycles. The van der Waals surface area contributed by atoms with Crippen molar-refractivity contribution < 1.29 is 14.4 Å². The summed E-state index contributed by atoms with van der Waals surface area (Å²) in [6.07, 6.45) is 10.1. The van der Waals surface area contributed by atoms with Crippen LogP contribution in [0.5, 0.6) is 0 Å². The number of aromatic nitrogens is 2. The van der Waals surface area contributed by atoms with E-state index < -0.39 is 23.7 Å².